The number of carbonyl (C=O) groups excluding carboxylic acids is 1. The maximum atomic E-state index is 12.1. The molecule has 2 aromatic carbocycles. The highest BCUT2D eigenvalue weighted by molar-refractivity contribution is 5.80. The zero-order valence-electron chi connectivity index (χ0n) is 15.0. The third-order valence-electron chi connectivity index (χ3n) is 3.96. The summed E-state index contributed by atoms with van der Waals surface area (Å²) in [6, 6.07) is 18.1. The van der Waals surface area contributed by atoms with Crippen molar-refractivity contribution in [2.24, 2.45) is 0 Å². The third-order valence-corrected chi connectivity index (χ3v) is 3.96. The van der Waals surface area contributed by atoms with Crippen LogP contribution in [0.25, 0.3) is 0 Å². The normalized spacial score (nSPS) is 12.5. The number of amides is 1. The van der Waals surface area contributed by atoms with E-state index in [4.69, 9.17) is 4.74 Å². The van der Waals surface area contributed by atoms with Crippen molar-refractivity contribution in [2.45, 2.75) is 45.6 Å². The molecule has 2 rings (SSSR count). The highest BCUT2D eigenvalue weighted by Gasteiger charge is 2.16. The lowest BCUT2D eigenvalue weighted by Crippen LogP contribution is -2.37. The predicted octanol–water partition coefficient (Wildman–Crippen LogP) is 4.11. The van der Waals surface area contributed by atoms with Crippen LogP contribution in [0.1, 0.15) is 38.8 Å². The molecule has 2 aromatic rings. The minimum atomic E-state index is -0.513. The molecule has 0 unspecified atom stereocenters. The van der Waals surface area contributed by atoms with Crippen LogP contribution in [0.2, 0.25) is 0 Å². The number of hydrogen-bond acceptors (Lipinski definition) is 2. The Balaban J connectivity index is 1.81. The van der Waals surface area contributed by atoms with Crippen molar-refractivity contribution in [3.63, 3.8) is 0 Å². The fourth-order valence-corrected chi connectivity index (χ4v) is 2.41. The number of rotatable bonds is 6. The van der Waals surface area contributed by atoms with Gasteiger partial charge in [-0.3, -0.25) is 4.79 Å². The third kappa shape index (κ3) is 5.41. The molecular weight excluding hydrogens is 298 g/mol. The quantitative estimate of drug-likeness (QED) is 0.868. The van der Waals surface area contributed by atoms with E-state index in [0.29, 0.717) is 12.3 Å². The first-order valence-corrected chi connectivity index (χ1v) is 8.45. The molecule has 1 N–H and O–H groups in total. The highest BCUT2D eigenvalue weighted by atomic mass is 16.5. The summed E-state index contributed by atoms with van der Waals surface area (Å²) < 4.78 is 5.73. The van der Waals surface area contributed by atoms with Crippen LogP contribution in [0.5, 0.6) is 5.75 Å². The van der Waals surface area contributed by atoms with E-state index in [0.717, 1.165) is 6.42 Å². The Kier molecular flexibility index (Phi) is 6.02. The first-order chi connectivity index (χ1) is 11.4. The van der Waals surface area contributed by atoms with E-state index in [1.165, 1.54) is 11.1 Å². The fourth-order valence-electron chi connectivity index (χ4n) is 2.41. The van der Waals surface area contributed by atoms with Crippen molar-refractivity contribution < 1.29 is 9.53 Å². The molecule has 0 spiro atoms. The van der Waals surface area contributed by atoms with Gasteiger partial charge in [-0.1, -0.05) is 63.2 Å². The molecule has 0 aliphatic carbocycles. The van der Waals surface area contributed by atoms with Crippen molar-refractivity contribution in [1.29, 1.82) is 0 Å². The Morgan fingerprint density at radius 1 is 1.04 bits per heavy atom. The van der Waals surface area contributed by atoms with Gasteiger partial charge in [-0.15, -0.1) is 0 Å². The average molecular weight is 325 g/mol. The molecule has 0 aromatic heterocycles. The van der Waals surface area contributed by atoms with Crippen LogP contribution in [-0.4, -0.2) is 18.6 Å². The summed E-state index contributed by atoms with van der Waals surface area (Å²) >= 11 is 0. The molecule has 24 heavy (non-hydrogen) atoms. The van der Waals surface area contributed by atoms with Crippen molar-refractivity contribution in [1.82, 2.24) is 5.32 Å². The van der Waals surface area contributed by atoms with Crippen LogP contribution >= 0.6 is 0 Å². The number of carbonyl (C=O) groups is 1. The first kappa shape index (κ1) is 18.1. The zero-order chi connectivity index (χ0) is 17.6. The van der Waals surface area contributed by atoms with Crippen LogP contribution in [0.15, 0.2) is 54.6 Å². The molecule has 0 aliphatic heterocycles. The van der Waals surface area contributed by atoms with Gasteiger partial charge in [-0.25, -0.2) is 0 Å². The number of hydrogen-bond donors (Lipinski definition) is 1. The largest absolute Gasteiger partial charge is 0.481 e. The summed E-state index contributed by atoms with van der Waals surface area (Å²) in [5, 5.41) is 2.92. The Morgan fingerprint density at radius 2 is 1.67 bits per heavy atom. The molecule has 0 aliphatic rings. The van der Waals surface area contributed by atoms with E-state index >= 15 is 0 Å². The van der Waals surface area contributed by atoms with Gasteiger partial charge in [0.25, 0.3) is 5.91 Å². The molecule has 0 bridgehead atoms. The molecule has 0 saturated heterocycles. The second-order valence-electron chi connectivity index (χ2n) is 7.06. The minimum absolute atomic E-state index is 0.0918. The first-order valence-electron chi connectivity index (χ1n) is 8.45. The molecule has 1 amide bonds. The highest BCUT2D eigenvalue weighted by Crippen LogP contribution is 2.24. The maximum Gasteiger partial charge on any atom is 0.260 e. The van der Waals surface area contributed by atoms with E-state index < -0.39 is 6.10 Å². The maximum absolute atomic E-state index is 12.1. The molecule has 0 radical (unpaired) electrons. The molecule has 3 nitrogen and oxygen atoms in total. The van der Waals surface area contributed by atoms with E-state index in [1.807, 2.05) is 30.3 Å². The van der Waals surface area contributed by atoms with Gasteiger partial charge < -0.3 is 10.1 Å². The monoisotopic (exact) mass is 325 g/mol. The summed E-state index contributed by atoms with van der Waals surface area (Å²) in [5.41, 5.74) is 2.57. The smallest absolute Gasteiger partial charge is 0.260 e. The van der Waals surface area contributed by atoms with Gasteiger partial charge in [0.1, 0.15) is 5.75 Å². The van der Waals surface area contributed by atoms with Crippen molar-refractivity contribution in [3.05, 3.63) is 65.7 Å². The van der Waals surface area contributed by atoms with Gasteiger partial charge in [0.2, 0.25) is 0 Å². The molecule has 128 valence electrons. The summed E-state index contributed by atoms with van der Waals surface area (Å²) in [6.45, 7) is 8.90. The summed E-state index contributed by atoms with van der Waals surface area (Å²) in [4.78, 5) is 12.1. The Morgan fingerprint density at radius 3 is 2.25 bits per heavy atom. The van der Waals surface area contributed by atoms with Gasteiger partial charge in [0.05, 0.1) is 0 Å². The standard InChI is InChI=1S/C21H27NO2/c1-16(20(23)22-15-14-17-8-6-5-7-9-17)24-19-12-10-18(11-13-19)21(2,3)4/h5-13,16H,14-15H2,1-4H3,(H,22,23)/t16-/m1/s1. The average Bonchev–Trinajstić information content (AvgIpc) is 2.55. The lowest BCUT2D eigenvalue weighted by Gasteiger charge is -2.20. The van der Waals surface area contributed by atoms with Crippen molar-refractivity contribution in [3.8, 4) is 5.75 Å². The number of nitrogens with one attached hydrogen (secondary N) is 1. The van der Waals surface area contributed by atoms with Gasteiger partial charge in [-0.05, 0) is 42.0 Å². The molecule has 0 saturated carbocycles. The topological polar surface area (TPSA) is 38.3 Å². The van der Waals surface area contributed by atoms with Crippen molar-refractivity contribution in [2.75, 3.05) is 6.54 Å². The summed E-state index contributed by atoms with van der Waals surface area (Å²) in [5.74, 6) is 0.625. The Bertz CT molecular complexity index is 642. The number of benzene rings is 2. The van der Waals surface area contributed by atoms with Crippen LogP contribution in [0.3, 0.4) is 0 Å². The predicted molar refractivity (Wildman–Crippen MR) is 98.4 cm³/mol. The molecule has 1 atom stereocenters. The lowest BCUT2D eigenvalue weighted by molar-refractivity contribution is -0.127. The lowest BCUT2D eigenvalue weighted by atomic mass is 9.87. The molecule has 0 heterocycles. The van der Waals surface area contributed by atoms with E-state index in [-0.39, 0.29) is 11.3 Å². The molecule has 3 heteroatoms. The SMILES string of the molecule is C[C@@H](Oc1ccc(C(C)(C)C)cc1)C(=O)NCCc1ccccc1. The van der Waals surface area contributed by atoms with E-state index in [1.54, 1.807) is 6.92 Å². The Labute approximate surface area is 145 Å². The van der Waals surface area contributed by atoms with Crippen LogP contribution in [0, 0.1) is 0 Å². The second-order valence-corrected chi connectivity index (χ2v) is 7.06. The van der Waals surface area contributed by atoms with Crippen LogP contribution in [-0.2, 0) is 16.6 Å². The van der Waals surface area contributed by atoms with E-state index in [2.05, 4.69) is 50.4 Å². The van der Waals surface area contributed by atoms with Crippen LogP contribution in [0.4, 0.5) is 0 Å². The fraction of sp³-hybridized carbons (Fsp3) is 0.381. The summed E-state index contributed by atoms with van der Waals surface area (Å²) in [6.07, 6.45) is 0.306. The van der Waals surface area contributed by atoms with Gasteiger partial charge in [0, 0.05) is 6.54 Å². The zero-order valence-corrected chi connectivity index (χ0v) is 15.0. The van der Waals surface area contributed by atoms with Gasteiger partial charge in [-0.2, -0.15) is 0 Å². The molecular formula is C21H27NO2. The van der Waals surface area contributed by atoms with Crippen LogP contribution < -0.4 is 10.1 Å². The number of ether oxygens (including phenoxy) is 1. The molecule has 0 fully saturated rings. The second kappa shape index (κ2) is 8.00. The summed E-state index contributed by atoms with van der Waals surface area (Å²) in [7, 11) is 0. The Hall–Kier alpha value is -2.29. The van der Waals surface area contributed by atoms with Crippen molar-refractivity contribution >= 4 is 5.91 Å². The van der Waals surface area contributed by atoms with E-state index in [9.17, 15) is 4.79 Å². The van der Waals surface area contributed by atoms with Gasteiger partial charge >= 0.3 is 0 Å². The minimum Gasteiger partial charge on any atom is -0.481 e. The van der Waals surface area contributed by atoms with Gasteiger partial charge in [0.15, 0.2) is 6.10 Å².